The number of thioether (sulfide) groups is 1. The van der Waals surface area contributed by atoms with Crippen molar-refractivity contribution in [2.45, 2.75) is 6.10 Å². The van der Waals surface area contributed by atoms with E-state index in [9.17, 15) is 23.5 Å². The molecule has 1 saturated heterocycles. The Morgan fingerprint density at radius 2 is 1.83 bits per heavy atom. The quantitative estimate of drug-likeness (QED) is 0.228. The maximum absolute atomic E-state index is 13.5. The van der Waals surface area contributed by atoms with Crippen LogP contribution in [0.5, 0.6) is 0 Å². The van der Waals surface area contributed by atoms with Gasteiger partial charge in [-0.05, 0) is 65.0 Å². The van der Waals surface area contributed by atoms with Crippen molar-refractivity contribution in [1.29, 1.82) is 0 Å². The molecule has 0 spiro atoms. The highest BCUT2D eigenvalue weighted by molar-refractivity contribution is 8.26. The number of carbonyl (C=O) groups is 2. The zero-order valence-corrected chi connectivity index (χ0v) is 20.9. The molecule has 36 heavy (non-hydrogen) atoms. The van der Waals surface area contributed by atoms with Crippen molar-refractivity contribution in [2.24, 2.45) is 0 Å². The molecule has 1 aliphatic heterocycles. The molecule has 1 amide bonds. The summed E-state index contributed by atoms with van der Waals surface area (Å²) in [6, 6.07) is 11.5. The number of carboxylic acids is 1. The van der Waals surface area contributed by atoms with Crippen LogP contribution in [0.3, 0.4) is 0 Å². The molecular weight excluding hydrogens is 528 g/mol. The van der Waals surface area contributed by atoms with Gasteiger partial charge in [0.1, 0.15) is 0 Å². The molecule has 186 valence electrons. The Bertz CT molecular complexity index is 1340. The van der Waals surface area contributed by atoms with Crippen LogP contribution < -0.4 is 10.7 Å². The van der Waals surface area contributed by atoms with Gasteiger partial charge in [0.05, 0.1) is 16.6 Å². The van der Waals surface area contributed by atoms with Crippen LogP contribution in [0.25, 0.3) is 17.2 Å². The summed E-state index contributed by atoms with van der Waals surface area (Å²) in [4.78, 5) is 24.9. The number of aromatic carboxylic acids is 1. The number of nitrogens with one attached hydrogen (secondary N) is 2. The van der Waals surface area contributed by atoms with Gasteiger partial charge in [0, 0.05) is 23.7 Å². The van der Waals surface area contributed by atoms with Crippen molar-refractivity contribution in [1.82, 2.24) is 10.4 Å². The molecular formula is C24H19F2N3O4S3. The van der Waals surface area contributed by atoms with E-state index in [0.717, 1.165) is 28.8 Å². The highest BCUT2D eigenvalue weighted by atomic mass is 32.2. The molecule has 12 heteroatoms. The second-order valence-electron chi connectivity index (χ2n) is 7.66. The summed E-state index contributed by atoms with van der Waals surface area (Å²) >= 11 is 7.75. The molecule has 7 nitrogen and oxygen atoms in total. The molecule has 2 aromatic carbocycles. The monoisotopic (exact) mass is 547 g/mol. The number of hydrazine groups is 1. The van der Waals surface area contributed by atoms with Crippen LogP contribution in [0, 0.1) is 11.6 Å². The largest absolute Gasteiger partial charge is 0.478 e. The zero-order chi connectivity index (χ0) is 25.8. The van der Waals surface area contributed by atoms with Crippen molar-refractivity contribution in [3.8, 4) is 11.1 Å². The normalized spacial score (nSPS) is 15.5. The Morgan fingerprint density at radius 3 is 2.53 bits per heavy atom. The number of halogens is 2. The summed E-state index contributed by atoms with van der Waals surface area (Å²) in [6.07, 6.45) is 0.807. The van der Waals surface area contributed by atoms with E-state index in [-0.39, 0.29) is 28.9 Å². The number of hydrogen-bond donors (Lipinski definition) is 4. The third-order valence-corrected chi connectivity index (χ3v) is 7.28. The molecule has 0 bridgehead atoms. The molecule has 2 heterocycles. The van der Waals surface area contributed by atoms with Crippen molar-refractivity contribution in [2.75, 3.05) is 18.4 Å². The predicted molar refractivity (Wildman–Crippen MR) is 141 cm³/mol. The van der Waals surface area contributed by atoms with E-state index in [1.165, 1.54) is 34.5 Å². The van der Waals surface area contributed by atoms with Gasteiger partial charge in [-0.2, -0.15) is 0 Å². The number of thiophene rings is 1. The van der Waals surface area contributed by atoms with Gasteiger partial charge in [0.2, 0.25) is 0 Å². The number of amides is 1. The first-order valence-corrected chi connectivity index (χ1v) is 12.6. The molecule has 1 aliphatic rings. The number of aliphatic hydroxyl groups is 1. The number of thiocarbonyl (C=S) groups is 1. The summed E-state index contributed by atoms with van der Waals surface area (Å²) in [5.74, 6) is -3.23. The first-order chi connectivity index (χ1) is 17.2. The van der Waals surface area contributed by atoms with E-state index in [1.807, 2.05) is 0 Å². The van der Waals surface area contributed by atoms with Crippen LogP contribution in [0.1, 0.15) is 15.2 Å². The van der Waals surface area contributed by atoms with E-state index in [2.05, 4.69) is 10.7 Å². The standard InChI is InChI=1S/C24H19F2N3O4S3/c25-19-6-3-14(8-20(19)26)15-7-18(35-12-15)9-21-22(31)29(24(34)36-21)28-11-17(30)10-27-16-4-1-13(2-5-16)23(32)33/h1-9,12,17,27-28,30H,10-11H2,(H,32,33)/b21-9-. The number of hydrogen-bond acceptors (Lipinski definition) is 8. The fourth-order valence-corrected chi connectivity index (χ4v) is 5.35. The Hall–Kier alpha value is -3.16. The molecule has 1 aromatic heterocycles. The smallest absolute Gasteiger partial charge is 0.335 e. The van der Waals surface area contributed by atoms with Gasteiger partial charge >= 0.3 is 5.97 Å². The average Bonchev–Trinajstić information content (AvgIpc) is 3.42. The minimum absolute atomic E-state index is 0.0409. The number of rotatable bonds is 9. The summed E-state index contributed by atoms with van der Waals surface area (Å²) in [7, 11) is 0. The minimum Gasteiger partial charge on any atom is -0.478 e. The lowest BCUT2D eigenvalue weighted by atomic mass is 10.1. The van der Waals surface area contributed by atoms with Gasteiger partial charge < -0.3 is 15.5 Å². The highest BCUT2D eigenvalue weighted by Gasteiger charge is 2.32. The van der Waals surface area contributed by atoms with Crippen LogP contribution in [0.2, 0.25) is 0 Å². The number of anilines is 1. The molecule has 1 fully saturated rings. The number of carbonyl (C=O) groups excluding carboxylic acids is 1. The lowest BCUT2D eigenvalue weighted by Gasteiger charge is -2.19. The fourth-order valence-electron chi connectivity index (χ4n) is 3.22. The van der Waals surface area contributed by atoms with Crippen LogP contribution in [-0.4, -0.2) is 50.6 Å². The minimum atomic E-state index is -1.02. The third kappa shape index (κ3) is 6.15. The second kappa shape index (κ2) is 11.3. The van der Waals surface area contributed by atoms with Gasteiger partial charge in [-0.3, -0.25) is 4.79 Å². The molecule has 1 atom stereocenters. The topological polar surface area (TPSA) is 102 Å². The first kappa shape index (κ1) is 25.9. The predicted octanol–water partition coefficient (Wildman–Crippen LogP) is 4.57. The maximum Gasteiger partial charge on any atom is 0.335 e. The van der Waals surface area contributed by atoms with Crippen molar-refractivity contribution >= 4 is 63.3 Å². The molecule has 0 aliphatic carbocycles. The highest BCUT2D eigenvalue weighted by Crippen LogP contribution is 2.34. The molecule has 3 aromatic rings. The summed E-state index contributed by atoms with van der Waals surface area (Å²) in [5.41, 5.74) is 4.87. The van der Waals surface area contributed by atoms with E-state index >= 15 is 0 Å². The molecule has 1 unspecified atom stereocenters. The van der Waals surface area contributed by atoms with Crippen LogP contribution in [0.4, 0.5) is 14.5 Å². The third-order valence-electron chi connectivity index (χ3n) is 5.10. The van der Waals surface area contributed by atoms with Gasteiger partial charge in [-0.15, -0.1) is 11.3 Å². The summed E-state index contributed by atoms with van der Waals surface area (Å²) in [5, 5.41) is 25.2. The SMILES string of the molecule is O=C(O)c1ccc(NCC(O)CNN2C(=O)/C(=C/c3cc(-c4ccc(F)c(F)c4)cs3)SC2=S)cc1. The van der Waals surface area contributed by atoms with Gasteiger partial charge in [0.25, 0.3) is 5.91 Å². The fraction of sp³-hybridized carbons (Fsp3) is 0.125. The Labute approximate surface area is 218 Å². The Balaban J connectivity index is 1.32. The summed E-state index contributed by atoms with van der Waals surface area (Å²) in [6.45, 7) is 0.200. The zero-order valence-electron chi connectivity index (χ0n) is 18.4. The summed E-state index contributed by atoms with van der Waals surface area (Å²) < 4.78 is 27.0. The number of nitrogens with zero attached hydrogens (tertiary/aromatic N) is 1. The van der Waals surface area contributed by atoms with Crippen LogP contribution >= 0.6 is 35.3 Å². The van der Waals surface area contributed by atoms with Gasteiger partial charge in [-0.1, -0.05) is 30.0 Å². The van der Waals surface area contributed by atoms with Gasteiger partial charge in [0.15, 0.2) is 16.0 Å². The van der Waals surface area contributed by atoms with E-state index in [0.29, 0.717) is 21.7 Å². The van der Waals surface area contributed by atoms with E-state index in [4.69, 9.17) is 17.3 Å². The Kier molecular flexibility index (Phi) is 8.11. The van der Waals surface area contributed by atoms with E-state index in [1.54, 1.807) is 29.7 Å². The molecule has 0 radical (unpaired) electrons. The second-order valence-corrected chi connectivity index (χ2v) is 10.3. The molecule has 4 rings (SSSR count). The maximum atomic E-state index is 13.5. The van der Waals surface area contributed by atoms with Gasteiger partial charge in [-0.25, -0.2) is 24.0 Å². The number of benzene rings is 2. The molecule has 4 N–H and O–H groups in total. The van der Waals surface area contributed by atoms with Crippen LogP contribution in [0.15, 0.2) is 58.8 Å². The van der Waals surface area contributed by atoms with Crippen LogP contribution in [-0.2, 0) is 4.79 Å². The Morgan fingerprint density at radius 1 is 1.08 bits per heavy atom. The van der Waals surface area contributed by atoms with Crippen molar-refractivity contribution in [3.05, 3.63) is 80.9 Å². The lowest BCUT2D eigenvalue weighted by Crippen LogP contribution is -2.46. The average molecular weight is 548 g/mol. The first-order valence-electron chi connectivity index (χ1n) is 10.5. The lowest BCUT2D eigenvalue weighted by molar-refractivity contribution is -0.124. The number of carboxylic acid groups (broad SMARTS) is 1. The van der Waals surface area contributed by atoms with Crippen molar-refractivity contribution < 1.29 is 28.6 Å². The number of aliphatic hydroxyl groups excluding tert-OH is 1. The van der Waals surface area contributed by atoms with E-state index < -0.39 is 23.7 Å². The van der Waals surface area contributed by atoms with Crippen molar-refractivity contribution in [3.63, 3.8) is 0 Å². The molecule has 0 saturated carbocycles.